The number of carbonyl (C=O) groups is 1. The number of benzene rings is 1. The summed E-state index contributed by atoms with van der Waals surface area (Å²) in [6, 6.07) is 8.86. The summed E-state index contributed by atoms with van der Waals surface area (Å²) in [6.45, 7) is 1.90. The van der Waals surface area contributed by atoms with Crippen LogP contribution in [0.25, 0.3) is 11.6 Å². The Morgan fingerprint density at radius 2 is 2.22 bits per heavy atom. The second-order valence-corrected chi connectivity index (χ2v) is 5.41. The molecule has 118 valence electrons. The summed E-state index contributed by atoms with van der Waals surface area (Å²) in [5, 5.41) is 7.21. The van der Waals surface area contributed by atoms with Crippen LogP contribution >= 0.6 is 11.6 Å². The highest BCUT2D eigenvalue weighted by atomic mass is 35.5. The third kappa shape index (κ3) is 3.78. The minimum absolute atomic E-state index is 0.150. The number of hydrogen-bond acceptors (Lipinski definition) is 5. The molecule has 3 rings (SSSR count). The van der Waals surface area contributed by atoms with Gasteiger partial charge in [0.05, 0.1) is 6.26 Å². The molecule has 1 N–H and O–H groups in total. The summed E-state index contributed by atoms with van der Waals surface area (Å²) in [7, 11) is 0. The van der Waals surface area contributed by atoms with Gasteiger partial charge in [-0.2, -0.15) is 4.98 Å². The number of hydrogen-bond donors (Lipinski definition) is 1. The molecule has 0 spiro atoms. The van der Waals surface area contributed by atoms with Crippen LogP contribution in [0.4, 0.5) is 5.69 Å². The van der Waals surface area contributed by atoms with E-state index in [-0.39, 0.29) is 12.3 Å². The van der Waals surface area contributed by atoms with Gasteiger partial charge in [-0.1, -0.05) is 22.8 Å². The first kappa shape index (κ1) is 15.3. The molecule has 6 nitrogen and oxygen atoms in total. The molecule has 0 aliphatic rings. The van der Waals surface area contributed by atoms with Crippen molar-refractivity contribution in [3.63, 3.8) is 0 Å². The Kier molecular flexibility index (Phi) is 4.43. The van der Waals surface area contributed by atoms with E-state index in [4.69, 9.17) is 20.5 Å². The number of nitrogens with zero attached hydrogens (tertiary/aromatic N) is 2. The monoisotopic (exact) mass is 331 g/mol. The molecule has 2 heterocycles. The maximum absolute atomic E-state index is 12.0. The van der Waals surface area contributed by atoms with E-state index in [1.54, 1.807) is 24.3 Å². The van der Waals surface area contributed by atoms with Crippen LogP contribution in [0.1, 0.15) is 17.9 Å². The van der Waals surface area contributed by atoms with Crippen LogP contribution in [0.2, 0.25) is 5.02 Å². The third-order valence-electron chi connectivity index (χ3n) is 3.23. The Hall–Kier alpha value is -2.60. The second-order valence-electron chi connectivity index (χ2n) is 5.00. The van der Waals surface area contributed by atoms with Crippen molar-refractivity contribution in [2.75, 3.05) is 5.32 Å². The van der Waals surface area contributed by atoms with Crippen LogP contribution in [0, 0.1) is 6.92 Å². The summed E-state index contributed by atoms with van der Waals surface area (Å²) < 4.78 is 10.3. The van der Waals surface area contributed by atoms with Gasteiger partial charge >= 0.3 is 0 Å². The molecule has 0 atom stereocenters. The molecule has 2 aromatic heterocycles. The van der Waals surface area contributed by atoms with Gasteiger partial charge in [-0.3, -0.25) is 4.79 Å². The van der Waals surface area contributed by atoms with Crippen LogP contribution in [-0.2, 0) is 11.2 Å². The van der Waals surface area contributed by atoms with Crippen molar-refractivity contribution in [2.45, 2.75) is 19.8 Å². The predicted octanol–water partition coefficient (Wildman–Crippen LogP) is 3.86. The van der Waals surface area contributed by atoms with Gasteiger partial charge < -0.3 is 14.3 Å². The maximum Gasteiger partial charge on any atom is 0.238 e. The molecule has 0 bridgehead atoms. The van der Waals surface area contributed by atoms with E-state index in [1.807, 2.05) is 13.0 Å². The Labute approximate surface area is 137 Å². The molecule has 3 aromatic rings. The summed E-state index contributed by atoms with van der Waals surface area (Å²) in [5.41, 5.74) is 1.62. The summed E-state index contributed by atoms with van der Waals surface area (Å²) >= 11 is 6.03. The number of nitrogens with one attached hydrogen (secondary N) is 1. The zero-order valence-electron chi connectivity index (χ0n) is 12.4. The minimum atomic E-state index is -0.150. The molecule has 0 aliphatic carbocycles. The van der Waals surface area contributed by atoms with Crippen LogP contribution in [-0.4, -0.2) is 16.0 Å². The fourth-order valence-electron chi connectivity index (χ4n) is 1.98. The highest BCUT2D eigenvalue weighted by Gasteiger charge is 2.12. The SMILES string of the molecule is Cc1ccc(NC(=O)CCc2nc(-c3ccco3)no2)cc1Cl. The predicted molar refractivity (Wildman–Crippen MR) is 85.1 cm³/mol. The van der Waals surface area contributed by atoms with Crippen LogP contribution in [0.15, 0.2) is 45.5 Å². The molecule has 0 aliphatic heterocycles. The molecular formula is C16H14ClN3O3. The lowest BCUT2D eigenvalue weighted by molar-refractivity contribution is -0.116. The minimum Gasteiger partial charge on any atom is -0.461 e. The molecular weight excluding hydrogens is 318 g/mol. The van der Waals surface area contributed by atoms with Crippen molar-refractivity contribution < 1.29 is 13.7 Å². The van der Waals surface area contributed by atoms with E-state index in [2.05, 4.69) is 15.5 Å². The number of halogens is 1. The van der Waals surface area contributed by atoms with Gasteiger partial charge in [0.1, 0.15) is 0 Å². The molecule has 0 saturated carbocycles. The van der Waals surface area contributed by atoms with Gasteiger partial charge in [0, 0.05) is 23.6 Å². The lowest BCUT2D eigenvalue weighted by Crippen LogP contribution is -2.12. The van der Waals surface area contributed by atoms with Gasteiger partial charge in [0.25, 0.3) is 0 Å². The highest BCUT2D eigenvalue weighted by molar-refractivity contribution is 6.31. The first-order chi connectivity index (χ1) is 11.1. The van der Waals surface area contributed by atoms with E-state index in [0.29, 0.717) is 34.6 Å². The van der Waals surface area contributed by atoms with Crippen molar-refractivity contribution in [3.05, 3.63) is 53.1 Å². The van der Waals surface area contributed by atoms with Crippen molar-refractivity contribution in [3.8, 4) is 11.6 Å². The number of rotatable bonds is 5. The number of anilines is 1. The molecule has 0 saturated heterocycles. The van der Waals surface area contributed by atoms with E-state index in [1.165, 1.54) is 6.26 Å². The lowest BCUT2D eigenvalue weighted by atomic mass is 10.2. The second kappa shape index (κ2) is 6.66. The van der Waals surface area contributed by atoms with Crippen LogP contribution in [0.3, 0.4) is 0 Å². The zero-order chi connectivity index (χ0) is 16.2. The van der Waals surface area contributed by atoms with Crippen molar-refractivity contribution in [1.82, 2.24) is 10.1 Å². The lowest BCUT2D eigenvalue weighted by Gasteiger charge is -2.05. The molecule has 1 amide bonds. The smallest absolute Gasteiger partial charge is 0.238 e. The van der Waals surface area contributed by atoms with E-state index >= 15 is 0 Å². The fourth-order valence-corrected chi connectivity index (χ4v) is 2.16. The average Bonchev–Trinajstić information content (AvgIpc) is 3.19. The molecule has 1 aromatic carbocycles. The summed E-state index contributed by atoms with van der Waals surface area (Å²) in [6.07, 6.45) is 2.11. The maximum atomic E-state index is 12.0. The van der Waals surface area contributed by atoms with Crippen LogP contribution in [0.5, 0.6) is 0 Å². The third-order valence-corrected chi connectivity index (χ3v) is 3.64. The Bertz CT molecular complexity index is 812. The number of aromatic nitrogens is 2. The van der Waals surface area contributed by atoms with E-state index in [0.717, 1.165) is 5.56 Å². The highest BCUT2D eigenvalue weighted by Crippen LogP contribution is 2.20. The van der Waals surface area contributed by atoms with Gasteiger partial charge in [-0.25, -0.2) is 0 Å². The van der Waals surface area contributed by atoms with Crippen molar-refractivity contribution >= 4 is 23.2 Å². The normalized spacial score (nSPS) is 10.7. The molecule has 0 unspecified atom stereocenters. The largest absolute Gasteiger partial charge is 0.461 e. The van der Waals surface area contributed by atoms with E-state index in [9.17, 15) is 4.79 Å². The molecule has 23 heavy (non-hydrogen) atoms. The zero-order valence-corrected chi connectivity index (χ0v) is 13.1. The van der Waals surface area contributed by atoms with Crippen molar-refractivity contribution in [1.29, 1.82) is 0 Å². The number of aryl methyl sites for hydroxylation is 2. The standard InChI is InChI=1S/C16H14ClN3O3/c1-10-4-5-11(9-12(10)17)18-14(21)6-7-15-19-16(20-23-15)13-3-2-8-22-13/h2-5,8-9H,6-7H2,1H3,(H,18,21). The first-order valence-corrected chi connectivity index (χ1v) is 7.42. The average molecular weight is 332 g/mol. The number of carbonyl (C=O) groups excluding carboxylic acids is 1. The Morgan fingerprint density at radius 3 is 2.96 bits per heavy atom. The summed E-state index contributed by atoms with van der Waals surface area (Å²) in [5.74, 6) is 1.13. The van der Waals surface area contributed by atoms with E-state index < -0.39 is 0 Å². The first-order valence-electron chi connectivity index (χ1n) is 7.04. The topological polar surface area (TPSA) is 81.2 Å². The van der Waals surface area contributed by atoms with Gasteiger partial charge in [-0.15, -0.1) is 0 Å². The van der Waals surface area contributed by atoms with Gasteiger partial charge in [-0.05, 0) is 36.8 Å². The van der Waals surface area contributed by atoms with Gasteiger partial charge in [0.2, 0.25) is 17.6 Å². The quantitative estimate of drug-likeness (QED) is 0.767. The number of furan rings is 1. The number of amides is 1. The summed E-state index contributed by atoms with van der Waals surface area (Å²) in [4.78, 5) is 16.1. The van der Waals surface area contributed by atoms with Crippen molar-refractivity contribution in [2.24, 2.45) is 0 Å². The molecule has 7 heteroatoms. The Balaban J connectivity index is 1.55. The molecule has 0 radical (unpaired) electrons. The fraction of sp³-hybridized carbons (Fsp3) is 0.188. The van der Waals surface area contributed by atoms with Crippen LogP contribution < -0.4 is 5.32 Å². The molecule has 0 fully saturated rings. The van der Waals surface area contributed by atoms with Gasteiger partial charge in [0.15, 0.2) is 5.76 Å². The Morgan fingerprint density at radius 1 is 1.35 bits per heavy atom.